The van der Waals surface area contributed by atoms with Gasteiger partial charge < -0.3 is 15.2 Å². The van der Waals surface area contributed by atoms with Crippen molar-refractivity contribution in [1.82, 2.24) is 14.8 Å². The van der Waals surface area contributed by atoms with E-state index in [4.69, 9.17) is 5.11 Å². The van der Waals surface area contributed by atoms with Gasteiger partial charge in [0.05, 0.1) is 11.3 Å². The first-order valence-electron chi connectivity index (χ1n) is 4.69. The van der Waals surface area contributed by atoms with Gasteiger partial charge in [0, 0.05) is 25.5 Å². The highest BCUT2D eigenvalue weighted by Crippen LogP contribution is 2.22. The van der Waals surface area contributed by atoms with Gasteiger partial charge in [-0.1, -0.05) is 15.9 Å². The topological polar surface area (TPSA) is 111 Å². The summed E-state index contributed by atoms with van der Waals surface area (Å²) in [5.41, 5.74) is 0.355. The minimum atomic E-state index is -1.12. The number of halogens is 2. The first-order valence-corrected chi connectivity index (χ1v) is 6.28. The van der Waals surface area contributed by atoms with Crippen molar-refractivity contribution in [3.8, 4) is 5.69 Å². The quantitative estimate of drug-likeness (QED) is 0.635. The molecule has 19 heavy (non-hydrogen) atoms. The molecule has 2 aromatic rings. The van der Waals surface area contributed by atoms with Crippen LogP contribution in [0.5, 0.6) is 0 Å². The van der Waals surface area contributed by atoms with Crippen LogP contribution in [0.2, 0.25) is 0 Å². The van der Waals surface area contributed by atoms with Gasteiger partial charge in [-0.05, 0) is 28.1 Å². The normalized spacial score (nSPS) is 10.4. The number of aromatic carboxylic acids is 1. The fourth-order valence-electron chi connectivity index (χ4n) is 1.34. The third-order valence-corrected chi connectivity index (χ3v) is 3.06. The van der Waals surface area contributed by atoms with Gasteiger partial charge in [-0.15, -0.1) is 4.68 Å². The second-order valence-electron chi connectivity index (χ2n) is 3.35. The fraction of sp³-hybridized carbons (Fsp3) is 0. The molecule has 0 fully saturated rings. The molecular formula is C9H4Br2N4O4. The van der Waals surface area contributed by atoms with Crippen LogP contribution in [0.25, 0.3) is 5.69 Å². The summed E-state index contributed by atoms with van der Waals surface area (Å²) < 4.78 is 1.75. The van der Waals surface area contributed by atoms with Crippen molar-refractivity contribution < 1.29 is 14.8 Å². The third-order valence-electron chi connectivity index (χ3n) is 2.09. The molecule has 1 aromatic heterocycles. The van der Waals surface area contributed by atoms with Crippen LogP contribution in [0.1, 0.15) is 10.4 Å². The zero-order chi connectivity index (χ0) is 14.2. The fourth-order valence-corrected chi connectivity index (χ4v) is 2.27. The number of carbonyl (C=O) groups is 1. The molecule has 8 nitrogen and oxygen atoms in total. The molecule has 1 N–H and O–H groups in total. The Balaban J connectivity index is 2.58. The molecule has 0 aliphatic heterocycles. The van der Waals surface area contributed by atoms with Crippen molar-refractivity contribution in [3.63, 3.8) is 0 Å². The highest BCUT2D eigenvalue weighted by atomic mass is 79.9. The van der Waals surface area contributed by atoms with Crippen molar-refractivity contribution in [1.29, 1.82) is 0 Å². The number of hydrogen-bond donors (Lipinski definition) is 1. The van der Waals surface area contributed by atoms with E-state index in [0.29, 0.717) is 10.2 Å². The molecule has 0 atom stereocenters. The van der Waals surface area contributed by atoms with Gasteiger partial charge in [0.2, 0.25) is 0 Å². The summed E-state index contributed by atoms with van der Waals surface area (Å²) in [7, 11) is 0. The highest BCUT2D eigenvalue weighted by Gasteiger charge is 2.21. The molecular weight excluding hydrogens is 388 g/mol. The average Bonchev–Trinajstić information content (AvgIpc) is 2.70. The molecule has 0 unspecified atom stereocenters. The standard InChI is InChI=1S/C9H4Br2N4O4/c10-5-1-4(7(16)17)2-6(3-5)14-8(11)12-9(13-14)15(18)19/h1-3H,(H,16,17). The first kappa shape index (κ1) is 13.6. The summed E-state index contributed by atoms with van der Waals surface area (Å²) in [6.07, 6.45) is 0. The molecule has 10 heteroatoms. The van der Waals surface area contributed by atoms with Crippen LogP contribution in [0.4, 0.5) is 5.95 Å². The number of hydrogen-bond acceptors (Lipinski definition) is 5. The zero-order valence-corrected chi connectivity index (χ0v) is 12.1. The van der Waals surface area contributed by atoms with Gasteiger partial charge in [-0.25, -0.2) is 4.79 Å². The number of carboxylic acid groups (broad SMARTS) is 1. The highest BCUT2D eigenvalue weighted by molar-refractivity contribution is 9.10. The average molecular weight is 392 g/mol. The lowest BCUT2D eigenvalue weighted by molar-refractivity contribution is -0.394. The third kappa shape index (κ3) is 2.79. The number of nitrogens with zero attached hydrogens (tertiary/aromatic N) is 4. The van der Waals surface area contributed by atoms with Crippen LogP contribution in [-0.4, -0.2) is 30.8 Å². The van der Waals surface area contributed by atoms with Crippen molar-refractivity contribution in [3.05, 3.63) is 43.1 Å². The summed E-state index contributed by atoms with van der Waals surface area (Å²) >= 11 is 6.20. The molecule has 0 spiro atoms. The maximum absolute atomic E-state index is 10.9. The van der Waals surface area contributed by atoms with Crippen molar-refractivity contribution in [2.75, 3.05) is 0 Å². The SMILES string of the molecule is O=C(O)c1cc(Br)cc(-n2nc([N+](=O)[O-])nc2Br)c1. The van der Waals surface area contributed by atoms with E-state index in [-0.39, 0.29) is 10.3 Å². The maximum atomic E-state index is 10.9. The number of carboxylic acids is 1. The van der Waals surface area contributed by atoms with E-state index in [2.05, 4.69) is 41.9 Å². The predicted molar refractivity (Wildman–Crippen MR) is 70.4 cm³/mol. The molecule has 1 heterocycles. The molecule has 0 aliphatic rings. The van der Waals surface area contributed by atoms with E-state index in [1.54, 1.807) is 6.07 Å². The zero-order valence-electron chi connectivity index (χ0n) is 8.95. The number of nitro groups is 1. The molecule has 0 bridgehead atoms. The number of aromatic nitrogens is 3. The van der Waals surface area contributed by atoms with Crippen molar-refractivity contribution in [2.45, 2.75) is 0 Å². The molecule has 0 radical (unpaired) electrons. The smallest absolute Gasteiger partial charge is 0.478 e. The van der Waals surface area contributed by atoms with Crippen LogP contribution in [0, 0.1) is 10.1 Å². The number of rotatable bonds is 3. The largest absolute Gasteiger partial charge is 0.492 e. The van der Waals surface area contributed by atoms with Gasteiger partial charge in [0.15, 0.2) is 0 Å². The van der Waals surface area contributed by atoms with Crippen LogP contribution < -0.4 is 0 Å². The predicted octanol–water partition coefficient (Wildman–Crippen LogP) is 2.40. The van der Waals surface area contributed by atoms with Crippen LogP contribution >= 0.6 is 31.9 Å². The Morgan fingerprint density at radius 3 is 2.58 bits per heavy atom. The monoisotopic (exact) mass is 390 g/mol. The maximum Gasteiger partial charge on any atom is 0.492 e. The molecule has 98 valence electrons. The van der Waals surface area contributed by atoms with E-state index in [0.717, 1.165) is 4.68 Å². The lowest BCUT2D eigenvalue weighted by Crippen LogP contribution is -2.02. The molecule has 0 saturated heterocycles. The summed E-state index contributed by atoms with van der Waals surface area (Å²) in [6.45, 7) is 0. The van der Waals surface area contributed by atoms with Gasteiger partial charge in [0.25, 0.3) is 4.73 Å². The van der Waals surface area contributed by atoms with E-state index in [1.807, 2.05) is 0 Å². The second kappa shape index (κ2) is 5.05. The van der Waals surface area contributed by atoms with E-state index < -0.39 is 16.8 Å². The van der Waals surface area contributed by atoms with E-state index in [1.165, 1.54) is 12.1 Å². The minimum Gasteiger partial charge on any atom is -0.478 e. The molecule has 2 rings (SSSR count). The summed E-state index contributed by atoms with van der Waals surface area (Å²) in [6, 6.07) is 4.30. The van der Waals surface area contributed by atoms with E-state index >= 15 is 0 Å². The Kier molecular flexibility index (Phi) is 3.62. The lowest BCUT2D eigenvalue weighted by Gasteiger charge is -2.01. The van der Waals surface area contributed by atoms with Gasteiger partial charge in [-0.2, -0.15) is 0 Å². The summed E-state index contributed by atoms with van der Waals surface area (Å²) in [5.74, 6) is -1.70. The molecule has 0 amide bonds. The van der Waals surface area contributed by atoms with Crippen LogP contribution in [0.3, 0.4) is 0 Å². The molecule has 0 aliphatic carbocycles. The lowest BCUT2D eigenvalue weighted by atomic mass is 10.2. The minimum absolute atomic E-state index is 0.0226. The van der Waals surface area contributed by atoms with Gasteiger partial charge in [-0.3, -0.25) is 0 Å². The Hall–Kier alpha value is -1.81. The van der Waals surface area contributed by atoms with Crippen molar-refractivity contribution in [2.24, 2.45) is 0 Å². The van der Waals surface area contributed by atoms with Crippen molar-refractivity contribution >= 4 is 43.8 Å². The summed E-state index contributed by atoms with van der Waals surface area (Å²) in [4.78, 5) is 24.4. The Morgan fingerprint density at radius 2 is 2.05 bits per heavy atom. The second-order valence-corrected chi connectivity index (χ2v) is 4.98. The Morgan fingerprint density at radius 1 is 1.37 bits per heavy atom. The Bertz CT molecular complexity index is 685. The Labute approximate surface area is 122 Å². The number of benzene rings is 1. The van der Waals surface area contributed by atoms with E-state index in [9.17, 15) is 14.9 Å². The first-order chi connectivity index (χ1) is 8.88. The molecule has 0 saturated carbocycles. The van der Waals surface area contributed by atoms with Crippen LogP contribution in [0.15, 0.2) is 27.4 Å². The van der Waals surface area contributed by atoms with Gasteiger partial charge >= 0.3 is 11.9 Å². The van der Waals surface area contributed by atoms with Crippen LogP contribution in [-0.2, 0) is 0 Å². The molecule has 1 aromatic carbocycles. The van der Waals surface area contributed by atoms with Gasteiger partial charge in [0.1, 0.15) is 0 Å². The summed E-state index contributed by atoms with van der Waals surface area (Å²) in [5, 5.41) is 23.2.